The third-order valence-corrected chi connectivity index (χ3v) is 2.19. The summed E-state index contributed by atoms with van der Waals surface area (Å²) in [6, 6.07) is 14.5. The molecular formula is C13H9F2. The second-order valence-corrected chi connectivity index (χ2v) is 3.28. The second-order valence-electron chi connectivity index (χ2n) is 3.28. The van der Waals surface area contributed by atoms with E-state index in [2.05, 4.69) is 6.07 Å². The summed E-state index contributed by atoms with van der Waals surface area (Å²) in [6.07, 6.45) is 0.366. The van der Waals surface area contributed by atoms with Crippen molar-refractivity contribution in [2.24, 2.45) is 0 Å². The van der Waals surface area contributed by atoms with E-state index in [0.29, 0.717) is 6.42 Å². The molecule has 0 aliphatic carbocycles. The third-order valence-electron chi connectivity index (χ3n) is 2.19. The van der Waals surface area contributed by atoms with Crippen molar-refractivity contribution < 1.29 is 8.78 Å². The van der Waals surface area contributed by atoms with Crippen molar-refractivity contribution >= 4 is 0 Å². The molecule has 0 heterocycles. The van der Waals surface area contributed by atoms with Gasteiger partial charge in [-0.1, -0.05) is 36.4 Å². The van der Waals surface area contributed by atoms with Crippen molar-refractivity contribution in [3.05, 3.63) is 71.3 Å². The Morgan fingerprint density at radius 1 is 1.00 bits per heavy atom. The lowest BCUT2D eigenvalue weighted by Gasteiger charge is -2.03. The van der Waals surface area contributed by atoms with Gasteiger partial charge in [0.15, 0.2) is 11.6 Å². The summed E-state index contributed by atoms with van der Waals surface area (Å²) in [4.78, 5) is 0. The highest BCUT2D eigenvalue weighted by molar-refractivity contribution is 5.26. The molecule has 0 aliphatic heterocycles. The van der Waals surface area contributed by atoms with Crippen LogP contribution in [0.15, 0.2) is 42.5 Å². The van der Waals surface area contributed by atoms with Gasteiger partial charge in [0, 0.05) is 12.0 Å². The van der Waals surface area contributed by atoms with Gasteiger partial charge in [0.05, 0.1) is 0 Å². The molecule has 0 nitrogen and oxygen atoms in total. The van der Waals surface area contributed by atoms with E-state index < -0.39 is 11.6 Å². The van der Waals surface area contributed by atoms with Gasteiger partial charge < -0.3 is 0 Å². The molecule has 2 aromatic rings. The van der Waals surface area contributed by atoms with E-state index in [1.807, 2.05) is 30.3 Å². The molecule has 0 spiro atoms. The van der Waals surface area contributed by atoms with E-state index in [9.17, 15) is 8.78 Å². The maximum absolute atomic E-state index is 13.3. The SMILES string of the molecule is Fc1cc[c]c(Cc2ccccc2)c1F. The molecule has 0 amide bonds. The van der Waals surface area contributed by atoms with E-state index in [1.165, 1.54) is 6.07 Å². The minimum absolute atomic E-state index is 0.265. The fourth-order valence-corrected chi connectivity index (χ4v) is 1.42. The number of halogens is 2. The van der Waals surface area contributed by atoms with E-state index in [1.54, 1.807) is 0 Å². The zero-order valence-electron chi connectivity index (χ0n) is 8.00. The minimum Gasteiger partial charge on any atom is -0.204 e. The molecule has 0 N–H and O–H groups in total. The summed E-state index contributed by atoms with van der Waals surface area (Å²) in [7, 11) is 0. The van der Waals surface area contributed by atoms with Gasteiger partial charge in [-0.2, -0.15) is 0 Å². The molecule has 2 aromatic carbocycles. The van der Waals surface area contributed by atoms with Crippen molar-refractivity contribution in [1.29, 1.82) is 0 Å². The van der Waals surface area contributed by atoms with Gasteiger partial charge >= 0.3 is 0 Å². The normalized spacial score (nSPS) is 10.3. The Labute approximate surface area is 87.2 Å². The van der Waals surface area contributed by atoms with Gasteiger partial charge in [-0.15, -0.1) is 0 Å². The molecule has 0 aliphatic rings. The average Bonchev–Trinajstić information content (AvgIpc) is 2.26. The van der Waals surface area contributed by atoms with Gasteiger partial charge in [-0.05, 0) is 17.7 Å². The standard InChI is InChI=1S/C13H9F2/c14-12-8-4-7-11(13(12)15)9-10-5-2-1-3-6-10/h1-6,8H,9H2. The number of rotatable bonds is 2. The van der Waals surface area contributed by atoms with Crippen molar-refractivity contribution in [3.8, 4) is 0 Å². The van der Waals surface area contributed by atoms with Gasteiger partial charge in [-0.25, -0.2) is 8.78 Å². The highest BCUT2D eigenvalue weighted by atomic mass is 19.2. The summed E-state index contributed by atoms with van der Waals surface area (Å²) >= 11 is 0. The Morgan fingerprint density at radius 3 is 2.47 bits per heavy atom. The molecule has 0 aromatic heterocycles. The van der Waals surface area contributed by atoms with E-state index in [-0.39, 0.29) is 5.56 Å². The van der Waals surface area contributed by atoms with Crippen LogP contribution in [0.1, 0.15) is 11.1 Å². The lowest BCUT2D eigenvalue weighted by Crippen LogP contribution is -1.95. The first-order valence-corrected chi connectivity index (χ1v) is 4.66. The highest BCUT2D eigenvalue weighted by Gasteiger charge is 2.07. The highest BCUT2D eigenvalue weighted by Crippen LogP contribution is 2.14. The molecule has 2 rings (SSSR count). The maximum Gasteiger partial charge on any atom is 0.162 e. The first kappa shape index (κ1) is 9.84. The lowest BCUT2D eigenvalue weighted by atomic mass is 10.0. The summed E-state index contributed by atoms with van der Waals surface area (Å²) in [6.45, 7) is 0. The molecular weight excluding hydrogens is 194 g/mol. The average molecular weight is 203 g/mol. The Kier molecular flexibility index (Phi) is 2.77. The monoisotopic (exact) mass is 203 g/mol. The van der Waals surface area contributed by atoms with Crippen LogP contribution in [-0.4, -0.2) is 0 Å². The summed E-state index contributed by atoms with van der Waals surface area (Å²) < 4.78 is 26.2. The molecule has 0 saturated carbocycles. The van der Waals surface area contributed by atoms with Crippen LogP contribution < -0.4 is 0 Å². The van der Waals surface area contributed by atoms with Crippen LogP contribution in [-0.2, 0) is 6.42 Å². The van der Waals surface area contributed by atoms with E-state index >= 15 is 0 Å². The number of hydrogen-bond donors (Lipinski definition) is 0. The van der Waals surface area contributed by atoms with Crippen molar-refractivity contribution in [3.63, 3.8) is 0 Å². The van der Waals surface area contributed by atoms with Crippen LogP contribution in [0.25, 0.3) is 0 Å². The van der Waals surface area contributed by atoms with Crippen molar-refractivity contribution in [2.75, 3.05) is 0 Å². The molecule has 0 bridgehead atoms. The lowest BCUT2D eigenvalue weighted by molar-refractivity contribution is 0.500. The van der Waals surface area contributed by atoms with Crippen LogP contribution in [0.3, 0.4) is 0 Å². The Hall–Kier alpha value is -1.70. The zero-order chi connectivity index (χ0) is 10.7. The zero-order valence-corrected chi connectivity index (χ0v) is 8.00. The van der Waals surface area contributed by atoms with Crippen LogP contribution in [0.2, 0.25) is 0 Å². The van der Waals surface area contributed by atoms with Crippen LogP contribution in [0, 0.1) is 17.7 Å². The van der Waals surface area contributed by atoms with Crippen LogP contribution in [0.5, 0.6) is 0 Å². The van der Waals surface area contributed by atoms with Gasteiger partial charge in [0.2, 0.25) is 0 Å². The van der Waals surface area contributed by atoms with E-state index in [0.717, 1.165) is 11.6 Å². The van der Waals surface area contributed by atoms with Crippen molar-refractivity contribution in [1.82, 2.24) is 0 Å². The topological polar surface area (TPSA) is 0 Å². The fraction of sp³-hybridized carbons (Fsp3) is 0.0769. The van der Waals surface area contributed by atoms with Crippen LogP contribution in [0.4, 0.5) is 8.78 Å². The Bertz CT molecular complexity index is 449. The van der Waals surface area contributed by atoms with Crippen LogP contribution >= 0.6 is 0 Å². The Balaban J connectivity index is 2.29. The number of hydrogen-bond acceptors (Lipinski definition) is 0. The number of benzene rings is 2. The predicted octanol–water partition coefficient (Wildman–Crippen LogP) is 3.36. The maximum atomic E-state index is 13.3. The van der Waals surface area contributed by atoms with Crippen molar-refractivity contribution in [2.45, 2.75) is 6.42 Å². The molecule has 0 fully saturated rings. The summed E-state index contributed by atoms with van der Waals surface area (Å²) in [5.74, 6) is -1.62. The molecule has 75 valence electrons. The fourth-order valence-electron chi connectivity index (χ4n) is 1.42. The largest absolute Gasteiger partial charge is 0.204 e. The first-order valence-electron chi connectivity index (χ1n) is 4.66. The molecule has 1 radical (unpaired) electrons. The smallest absolute Gasteiger partial charge is 0.162 e. The summed E-state index contributed by atoms with van der Waals surface area (Å²) in [5.41, 5.74) is 1.21. The predicted molar refractivity (Wildman–Crippen MR) is 54.4 cm³/mol. The van der Waals surface area contributed by atoms with Gasteiger partial charge in [0.25, 0.3) is 0 Å². The first-order chi connectivity index (χ1) is 7.27. The quantitative estimate of drug-likeness (QED) is 0.702. The molecule has 0 saturated heterocycles. The third kappa shape index (κ3) is 2.21. The van der Waals surface area contributed by atoms with E-state index in [4.69, 9.17) is 0 Å². The van der Waals surface area contributed by atoms with Gasteiger partial charge in [0.1, 0.15) is 0 Å². The van der Waals surface area contributed by atoms with Gasteiger partial charge in [-0.3, -0.25) is 0 Å². The summed E-state index contributed by atoms with van der Waals surface area (Å²) in [5, 5.41) is 0. The minimum atomic E-state index is -0.820. The molecule has 15 heavy (non-hydrogen) atoms. The molecule has 0 atom stereocenters. The second kappa shape index (κ2) is 4.22. The Morgan fingerprint density at radius 2 is 1.73 bits per heavy atom. The molecule has 0 unspecified atom stereocenters. The molecule has 2 heteroatoms.